The van der Waals surface area contributed by atoms with Gasteiger partial charge in [-0.05, 0) is 30.0 Å². The summed E-state index contributed by atoms with van der Waals surface area (Å²) in [5.41, 5.74) is 4.27. The van der Waals surface area contributed by atoms with Crippen LogP contribution in [0.1, 0.15) is 31.9 Å². The molecule has 0 bridgehead atoms. The maximum atomic E-state index is 12.0. The number of benzene rings is 2. The molecule has 0 aliphatic rings. The molecule has 0 aliphatic carbocycles. The van der Waals surface area contributed by atoms with E-state index >= 15 is 0 Å². The summed E-state index contributed by atoms with van der Waals surface area (Å²) >= 11 is 1.23. The molecule has 8 heteroatoms. The van der Waals surface area contributed by atoms with Crippen LogP contribution in [0.4, 0.5) is 4.79 Å². The maximum absolute atomic E-state index is 12.0. The van der Waals surface area contributed by atoms with Gasteiger partial charge in [0.15, 0.2) is 11.0 Å². The Morgan fingerprint density at radius 2 is 1.65 bits per heavy atom. The Morgan fingerprint density at radius 1 is 1.00 bits per heavy atom. The minimum absolute atomic E-state index is 0.0420. The zero-order valence-electron chi connectivity index (χ0n) is 18.4. The van der Waals surface area contributed by atoms with Crippen molar-refractivity contribution in [3.63, 3.8) is 0 Å². The zero-order chi connectivity index (χ0) is 22.6. The fourth-order valence-corrected chi connectivity index (χ4v) is 3.70. The number of carbonyl (C=O) groups is 2. The number of rotatable bonds is 5. The summed E-state index contributed by atoms with van der Waals surface area (Å²) < 4.78 is 1.93. The van der Waals surface area contributed by atoms with Gasteiger partial charge in [-0.1, -0.05) is 74.5 Å². The molecule has 3 rings (SSSR count). The molecule has 0 saturated heterocycles. The zero-order valence-corrected chi connectivity index (χ0v) is 19.2. The van der Waals surface area contributed by atoms with Crippen molar-refractivity contribution in [3.8, 4) is 17.1 Å². The molecule has 0 aliphatic heterocycles. The summed E-state index contributed by atoms with van der Waals surface area (Å²) in [6.45, 7) is 8.56. The molecule has 0 atom stereocenters. The smallest absolute Gasteiger partial charge is 0.321 e. The first-order chi connectivity index (χ1) is 14.7. The normalized spacial score (nSPS) is 11.3. The molecule has 0 radical (unpaired) electrons. The minimum atomic E-state index is -0.537. The molecular weight excluding hydrogens is 410 g/mol. The Kier molecular flexibility index (Phi) is 6.80. The number of imide groups is 1. The van der Waals surface area contributed by atoms with Gasteiger partial charge >= 0.3 is 6.03 Å². The summed E-state index contributed by atoms with van der Waals surface area (Å²) in [5, 5.41) is 13.9. The standard InChI is InChI=1S/C23H27N5O2S/c1-15-6-12-18(13-7-15)28-20(16-8-10-17(11-9-16)23(2,3)4)26-27-22(28)31-14-19(29)25-21(30)24-5/h6-13H,14H2,1-5H3,(H2,24,25,29,30). The average molecular weight is 438 g/mol. The summed E-state index contributed by atoms with van der Waals surface area (Å²) in [4.78, 5) is 23.4. The lowest BCUT2D eigenvalue weighted by molar-refractivity contribution is -0.117. The molecular formula is C23H27N5O2S. The number of nitrogens with one attached hydrogen (secondary N) is 2. The molecule has 1 aromatic heterocycles. The fourth-order valence-electron chi connectivity index (χ4n) is 2.95. The van der Waals surface area contributed by atoms with Gasteiger partial charge < -0.3 is 5.32 Å². The van der Waals surface area contributed by atoms with E-state index in [2.05, 4.69) is 53.7 Å². The molecule has 162 valence electrons. The van der Waals surface area contributed by atoms with E-state index in [1.54, 1.807) is 0 Å². The van der Waals surface area contributed by atoms with Crippen molar-refractivity contribution in [3.05, 3.63) is 59.7 Å². The van der Waals surface area contributed by atoms with E-state index in [0.717, 1.165) is 16.8 Å². The number of nitrogens with zero attached hydrogens (tertiary/aromatic N) is 3. The van der Waals surface area contributed by atoms with E-state index in [-0.39, 0.29) is 11.2 Å². The molecule has 2 aromatic carbocycles. The number of thioether (sulfide) groups is 1. The molecule has 0 saturated carbocycles. The van der Waals surface area contributed by atoms with Gasteiger partial charge in [-0.25, -0.2) is 4.79 Å². The van der Waals surface area contributed by atoms with Crippen molar-refractivity contribution in [1.29, 1.82) is 0 Å². The van der Waals surface area contributed by atoms with Crippen molar-refractivity contribution >= 4 is 23.7 Å². The number of aryl methyl sites for hydroxylation is 1. The predicted molar refractivity (Wildman–Crippen MR) is 124 cm³/mol. The largest absolute Gasteiger partial charge is 0.341 e. The highest BCUT2D eigenvalue weighted by molar-refractivity contribution is 7.99. The van der Waals surface area contributed by atoms with E-state index in [9.17, 15) is 9.59 Å². The van der Waals surface area contributed by atoms with Gasteiger partial charge in [0, 0.05) is 18.3 Å². The molecule has 0 fully saturated rings. The Labute approximate surface area is 186 Å². The first kappa shape index (κ1) is 22.6. The second kappa shape index (κ2) is 9.34. The SMILES string of the molecule is CNC(=O)NC(=O)CSc1nnc(-c2ccc(C(C)(C)C)cc2)n1-c1ccc(C)cc1. The van der Waals surface area contributed by atoms with E-state index in [4.69, 9.17) is 0 Å². The fraction of sp³-hybridized carbons (Fsp3) is 0.304. The molecule has 0 spiro atoms. The summed E-state index contributed by atoms with van der Waals surface area (Å²) in [6, 6.07) is 15.8. The number of aromatic nitrogens is 3. The van der Waals surface area contributed by atoms with Crippen LogP contribution >= 0.6 is 11.8 Å². The van der Waals surface area contributed by atoms with Crippen molar-refractivity contribution in [1.82, 2.24) is 25.4 Å². The number of amides is 3. The highest BCUT2D eigenvalue weighted by Gasteiger charge is 2.19. The Bertz CT molecular complexity index is 1070. The van der Waals surface area contributed by atoms with Crippen LogP contribution < -0.4 is 10.6 Å². The summed E-state index contributed by atoms with van der Waals surface area (Å²) in [5.74, 6) is 0.331. The van der Waals surface area contributed by atoms with Gasteiger partial charge in [0.05, 0.1) is 5.75 Å². The molecule has 7 nitrogen and oxygen atoms in total. The second-order valence-corrected chi connectivity index (χ2v) is 9.16. The lowest BCUT2D eigenvalue weighted by Crippen LogP contribution is -2.38. The van der Waals surface area contributed by atoms with Crippen molar-refractivity contribution in [2.75, 3.05) is 12.8 Å². The third kappa shape index (κ3) is 5.52. The highest BCUT2D eigenvalue weighted by atomic mass is 32.2. The highest BCUT2D eigenvalue weighted by Crippen LogP contribution is 2.30. The van der Waals surface area contributed by atoms with Gasteiger partial charge in [0.2, 0.25) is 5.91 Å². The van der Waals surface area contributed by atoms with Crippen LogP contribution in [0, 0.1) is 6.92 Å². The topological polar surface area (TPSA) is 88.9 Å². The van der Waals surface area contributed by atoms with Gasteiger partial charge in [-0.15, -0.1) is 10.2 Å². The molecule has 2 N–H and O–H groups in total. The Morgan fingerprint density at radius 3 is 2.23 bits per heavy atom. The van der Waals surface area contributed by atoms with Gasteiger partial charge in [0.25, 0.3) is 0 Å². The number of hydrogen-bond acceptors (Lipinski definition) is 5. The predicted octanol–water partition coefficient (Wildman–Crippen LogP) is 4.09. The van der Waals surface area contributed by atoms with Crippen LogP contribution in [0.5, 0.6) is 0 Å². The van der Waals surface area contributed by atoms with Crippen LogP contribution in [0.3, 0.4) is 0 Å². The third-order valence-electron chi connectivity index (χ3n) is 4.75. The first-order valence-electron chi connectivity index (χ1n) is 9.97. The van der Waals surface area contributed by atoms with Crippen LogP contribution in [0.25, 0.3) is 17.1 Å². The summed E-state index contributed by atoms with van der Waals surface area (Å²) in [7, 11) is 1.46. The van der Waals surface area contributed by atoms with Crippen molar-refractivity contribution < 1.29 is 9.59 Å². The lowest BCUT2D eigenvalue weighted by Gasteiger charge is -2.19. The van der Waals surface area contributed by atoms with E-state index in [1.807, 2.05) is 47.9 Å². The van der Waals surface area contributed by atoms with Crippen LogP contribution in [-0.2, 0) is 10.2 Å². The van der Waals surface area contributed by atoms with Crippen LogP contribution in [0.15, 0.2) is 53.7 Å². The number of urea groups is 1. The number of carbonyl (C=O) groups excluding carboxylic acids is 2. The maximum Gasteiger partial charge on any atom is 0.321 e. The van der Waals surface area contributed by atoms with Crippen molar-refractivity contribution in [2.24, 2.45) is 0 Å². The van der Waals surface area contributed by atoms with E-state index in [1.165, 1.54) is 24.4 Å². The molecule has 31 heavy (non-hydrogen) atoms. The average Bonchev–Trinajstić information content (AvgIpc) is 3.16. The molecule has 0 unspecified atom stereocenters. The van der Waals surface area contributed by atoms with Gasteiger partial charge in [-0.3, -0.25) is 14.7 Å². The summed E-state index contributed by atoms with van der Waals surface area (Å²) in [6.07, 6.45) is 0. The minimum Gasteiger partial charge on any atom is -0.341 e. The van der Waals surface area contributed by atoms with Crippen molar-refractivity contribution in [2.45, 2.75) is 38.3 Å². The van der Waals surface area contributed by atoms with Gasteiger partial charge in [-0.2, -0.15) is 0 Å². The van der Waals surface area contributed by atoms with E-state index < -0.39 is 11.9 Å². The molecule has 1 heterocycles. The van der Waals surface area contributed by atoms with Gasteiger partial charge in [0.1, 0.15) is 0 Å². The third-order valence-corrected chi connectivity index (χ3v) is 5.68. The van der Waals surface area contributed by atoms with Crippen LogP contribution in [-0.4, -0.2) is 39.5 Å². The lowest BCUT2D eigenvalue weighted by atomic mass is 9.87. The second-order valence-electron chi connectivity index (χ2n) is 8.22. The first-order valence-corrected chi connectivity index (χ1v) is 11.0. The number of hydrogen-bond donors (Lipinski definition) is 2. The monoisotopic (exact) mass is 437 g/mol. The van der Waals surface area contributed by atoms with Crippen LogP contribution in [0.2, 0.25) is 0 Å². The molecule has 3 aromatic rings. The Balaban J connectivity index is 1.95. The van der Waals surface area contributed by atoms with E-state index in [0.29, 0.717) is 11.0 Å². The Hall–Kier alpha value is -3.13. The molecule has 3 amide bonds. The quantitative estimate of drug-likeness (QED) is 0.587.